The zero-order chi connectivity index (χ0) is 19.5. The Bertz CT molecular complexity index is 867. The number of hydrogen-bond donors (Lipinski definition) is 0. The predicted octanol–water partition coefficient (Wildman–Crippen LogP) is 4.65. The lowest BCUT2D eigenvalue weighted by Gasteiger charge is -2.26. The molecule has 28 heavy (non-hydrogen) atoms. The van der Waals surface area contributed by atoms with Crippen LogP contribution in [0.3, 0.4) is 0 Å². The minimum Gasteiger partial charge on any atom is -0.497 e. The molecule has 1 fully saturated rings. The molecule has 0 saturated carbocycles. The van der Waals surface area contributed by atoms with Gasteiger partial charge in [-0.25, -0.2) is 0 Å². The summed E-state index contributed by atoms with van der Waals surface area (Å²) in [4.78, 5) is 16.2. The fraction of sp³-hybridized carbons (Fsp3) is 0.435. The molecule has 1 saturated heterocycles. The van der Waals surface area contributed by atoms with Gasteiger partial charge in [-0.05, 0) is 73.6 Å². The number of carbonyl (C=O) groups excluding carboxylic acids is 1. The number of carbonyl (C=O) groups is 1. The Morgan fingerprint density at radius 1 is 1.07 bits per heavy atom. The van der Waals surface area contributed by atoms with Gasteiger partial charge in [0.1, 0.15) is 11.5 Å². The topological polar surface area (TPSA) is 38.8 Å². The maximum absolute atomic E-state index is 13.0. The van der Waals surface area contributed by atoms with Gasteiger partial charge >= 0.3 is 0 Å². The number of rotatable bonds is 6. The summed E-state index contributed by atoms with van der Waals surface area (Å²) in [6.45, 7) is 0.800. The first-order chi connectivity index (χ1) is 13.7. The van der Waals surface area contributed by atoms with Crippen LogP contribution in [0.1, 0.15) is 42.0 Å². The lowest BCUT2D eigenvalue weighted by Crippen LogP contribution is -2.32. The summed E-state index contributed by atoms with van der Waals surface area (Å²) in [6, 6.07) is 12.5. The van der Waals surface area contributed by atoms with E-state index < -0.39 is 0 Å². The summed E-state index contributed by atoms with van der Waals surface area (Å²) in [5.41, 5.74) is 3.97. The van der Waals surface area contributed by atoms with E-state index in [1.165, 1.54) is 35.3 Å². The minimum absolute atomic E-state index is 0.0539. The summed E-state index contributed by atoms with van der Waals surface area (Å²) in [6.07, 6.45) is 5.58. The molecule has 1 heterocycles. The third-order valence-electron chi connectivity index (χ3n) is 5.80. The van der Waals surface area contributed by atoms with Gasteiger partial charge in [-0.2, -0.15) is 0 Å². The molecule has 1 atom stereocenters. The Morgan fingerprint density at radius 2 is 1.93 bits per heavy atom. The van der Waals surface area contributed by atoms with Crippen molar-refractivity contribution in [2.24, 2.45) is 0 Å². The average molecular weight is 398 g/mol. The molecule has 4 rings (SSSR count). The minimum atomic E-state index is 0.0539. The van der Waals surface area contributed by atoms with Gasteiger partial charge in [-0.1, -0.05) is 6.07 Å². The van der Waals surface area contributed by atoms with Gasteiger partial charge in [0.25, 0.3) is 0 Å². The summed E-state index contributed by atoms with van der Waals surface area (Å²) in [5, 5.41) is 0. The van der Waals surface area contributed by atoms with E-state index in [2.05, 4.69) is 18.2 Å². The lowest BCUT2D eigenvalue weighted by molar-refractivity contribution is -0.129. The Hall–Kier alpha value is -2.14. The second-order valence-electron chi connectivity index (χ2n) is 7.43. The van der Waals surface area contributed by atoms with Crippen molar-refractivity contribution in [2.45, 2.75) is 43.0 Å². The Morgan fingerprint density at radius 3 is 2.75 bits per heavy atom. The van der Waals surface area contributed by atoms with Crippen LogP contribution < -0.4 is 9.47 Å². The van der Waals surface area contributed by atoms with Gasteiger partial charge in [0.2, 0.25) is 5.91 Å². The molecule has 1 aliphatic heterocycles. The molecule has 1 amide bonds. The highest BCUT2D eigenvalue weighted by atomic mass is 32.2. The standard InChI is InChI=1S/C23H27NO3S/c1-26-18-9-11-22(27-2)20(14-18)21-7-4-12-24(21)23(25)15-28-19-10-8-16-5-3-6-17(16)13-19/h8-11,13-14,21H,3-7,12,15H2,1-2H3/t21-/m0/s1. The molecule has 0 aromatic heterocycles. The van der Waals surface area contributed by atoms with Crippen molar-refractivity contribution >= 4 is 17.7 Å². The van der Waals surface area contributed by atoms with E-state index in [0.29, 0.717) is 5.75 Å². The highest BCUT2D eigenvalue weighted by molar-refractivity contribution is 8.00. The number of fused-ring (bicyclic) bond motifs is 1. The van der Waals surface area contributed by atoms with E-state index in [-0.39, 0.29) is 11.9 Å². The number of likely N-dealkylation sites (tertiary alicyclic amines) is 1. The molecule has 2 aromatic carbocycles. The van der Waals surface area contributed by atoms with Crippen LogP contribution in [0.15, 0.2) is 41.3 Å². The van der Waals surface area contributed by atoms with Crippen molar-refractivity contribution < 1.29 is 14.3 Å². The second kappa shape index (κ2) is 8.48. The van der Waals surface area contributed by atoms with Gasteiger partial charge < -0.3 is 14.4 Å². The van der Waals surface area contributed by atoms with Crippen molar-refractivity contribution in [2.75, 3.05) is 26.5 Å². The van der Waals surface area contributed by atoms with E-state index in [0.717, 1.165) is 36.4 Å². The van der Waals surface area contributed by atoms with Gasteiger partial charge in [-0.15, -0.1) is 11.8 Å². The maximum atomic E-state index is 13.0. The van der Waals surface area contributed by atoms with E-state index in [1.807, 2.05) is 23.1 Å². The Kier molecular flexibility index (Phi) is 5.81. The fourth-order valence-electron chi connectivity index (χ4n) is 4.35. The quantitative estimate of drug-likeness (QED) is 0.665. The highest BCUT2D eigenvalue weighted by Crippen LogP contribution is 2.39. The van der Waals surface area contributed by atoms with Crippen molar-refractivity contribution in [3.63, 3.8) is 0 Å². The summed E-state index contributed by atoms with van der Waals surface area (Å²) >= 11 is 1.65. The molecule has 0 unspecified atom stereocenters. The Labute approximate surface area is 171 Å². The number of thioether (sulfide) groups is 1. The number of hydrogen-bond acceptors (Lipinski definition) is 4. The van der Waals surface area contributed by atoms with Crippen LogP contribution in [0.25, 0.3) is 0 Å². The van der Waals surface area contributed by atoms with Crippen molar-refractivity contribution in [1.82, 2.24) is 4.90 Å². The van der Waals surface area contributed by atoms with Crippen LogP contribution in [0.2, 0.25) is 0 Å². The number of amides is 1. The number of ether oxygens (including phenoxy) is 2. The van der Waals surface area contributed by atoms with Crippen LogP contribution in [-0.4, -0.2) is 37.3 Å². The number of nitrogens with zero attached hydrogens (tertiary/aromatic N) is 1. The molecule has 4 nitrogen and oxygen atoms in total. The fourth-order valence-corrected chi connectivity index (χ4v) is 5.20. The largest absolute Gasteiger partial charge is 0.497 e. The zero-order valence-corrected chi connectivity index (χ0v) is 17.4. The molecule has 2 aliphatic rings. The van der Waals surface area contributed by atoms with Crippen LogP contribution >= 0.6 is 11.8 Å². The second-order valence-corrected chi connectivity index (χ2v) is 8.47. The maximum Gasteiger partial charge on any atom is 0.233 e. The van der Waals surface area contributed by atoms with Crippen LogP contribution in [0, 0.1) is 0 Å². The van der Waals surface area contributed by atoms with E-state index in [9.17, 15) is 4.79 Å². The van der Waals surface area contributed by atoms with Crippen molar-refractivity contribution in [1.29, 1.82) is 0 Å². The smallest absolute Gasteiger partial charge is 0.233 e. The van der Waals surface area contributed by atoms with E-state index in [1.54, 1.807) is 26.0 Å². The van der Waals surface area contributed by atoms with Crippen LogP contribution in [0.5, 0.6) is 11.5 Å². The number of methoxy groups -OCH3 is 2. The predicted molar refractivity (Wildman–Crippen MR) is 112 cm³/mol. The van der Waals surface area contributed by atoms with Crippen molar-refractivity contribution in [3.8, 4) is 11.5 Å². The third-order valence-corrected chi connectivity index (χ3v) is 6.78. The molecular weight excluding hydrogens is 370 g/mol. The van der Waals surface area contributed by atoms with E-state index >= 15 is 0 Å². The summed E-state index contributed by atoms with van der Waals surface area (Å²) in [5.74, 6) is 2.28. The van der Waals surface area contributed by atoms with Gasteiger partial charge in [0.05, 0.1) is 26.0 Å². The molecule has 0 bridgehead atoms. The number of benzene rings is 2. The molecule has 0 spiro atoms. The third kappa shape index (κ3) is 3.86. The first kappa shape index (κ1) is 19.2. The van der Waals surface area contributed by atoms with Gasteiger partial charge in [-0.3, -0.25) is 4.79 Å². The van der Waals surface area contributed by atoms with Crippen LogP contribution in [0.4, 0.5) is 0 Å². The number of aryl methyl sites for hydroxylation is 2. The highest BCUT2D eigenvalue weighted by Gasteiger charge is 2.32. The van der Waals surface area contributed by atoms with Crippen molar-refractivity contribution in [3.05, 3.63) is 53.1 Å². The Balaban J connectivity index is 1.46. The SMILES string of the molecule is COc1ccc(OC)c([C@@H]2CCCN2C(=O)CSc2ccc3c(c2)CCC3)c1. The molecule has 1 aliphatic carbocycles. The molecule has 2 aromatic rings. The molecular formula is C23H27NO3S. The normalized spacial score (nSPS) is 18.2. The monoisotopic (exact) mass is 397 g/mol. The average Bonchev–Trinajstić information content (AvgIpc) is 3.40. The first-order valence-electron chi connectivity index (χ1n) is 9.95. The molecule has 0 radical (unpaired) electrons. The summed E-state index contributed by atoms with van der Waals surface area (Å²) in [7, 11) is 3.34. The molecule has 0 N–H and O–H groups in total. The molecule has 5 heteroatoms. The van der Waals surface area contributed by atoms with E-state index in [4.69, 9.17) is 9.47 Å². The zero-order valence-electron chi connectivity index (χ0n) is 16.6. The molecule has 148 valence electrons. The summed E-state index contributed by atoms with van der Waals surface area (Å²) < 4.78 is 10.9. The lowest BCUT2D eigenvalue weighted by atomic mass is 10.0. The van der Waals surface area contributed by atoms with Gasteiger partial charge in [0, 0.05) is 17.0 Å². The van der Waals surface area contributed by atoms with Crippen LogP contribution in [-0.2, 0) is 17.6 Å². The van der Waals surface area contributed by atoms with Gasteiger partial charge in [0.15, 0.2) is 0 Å². The first-order valence-corrected chi connectivity index (χ1v) is 10.9.